The SMILES string of the molecule is CCCCNC(=O)CN1CCN(C(=S)Nc2ccc(C)c(F)c2)CC1. The fraction of sp³-hybridized carbons (Fsp3) is 0.556. The Morgan fingerprint density at radius 3 is 2.64 bits per heavy atom. The summed E-state index contributed by atoms with van der Waals surface area (Å²) in [5, 5.41) is 6.62. The van der Waals surface area contributed by atoms with E-state index in [1.807, 2.05) is 6.07 Å². The number of unbranched alkanes of at least 4 members (excludes halogenated alkanes) is 1. The second-order valence-electron chi connectivity index (χ2n) is 6.36. The minimum absolute atomic E-state index is 0.0812. The summed E-state index contributed by atoms with van der Waals surface area (Å²) >= 11 is 5.42. The van der Waals surface area contributed by atoms with Crippen molar-refractivity contribution >= 4 is 28.9 Å². The van der Waals surface area contributed by atoms with Crippen molar-refractivity contribution in [3.05, 3.63) is 29.6 Å². The Morgan fingerprint density at radius 1 is 1.28 bits per heavy atom. The lowest BCUT2D eigenvalue weighted by Gasteiger charge is -2.35. The topological polar surface area (TPSA) is 47.6 Å². The van der Waals surface area contributed by atoms with E-state index in [9.17, 15) is 9.18 Å². The Labute approximate surface area is 154 Å². The van der Waals surface area contributed by atoms with Gasteiger partial charge in [0.1, 0.15) is 5.82 Å². The molecule has 5 nitrogen and oxygen atoms in total. The van der Waals surface area contributed by atoms with Gasteiger partial charge in [-0.3, -0.25) is 9.69 Å². The molecular weight excluding hydrogens is 339 g/mol. The van der Waals surface area contributed by atoms with Crippen LogP contribution in [-0.4, -0.2) is 60.1 Å². The monoisotopic (exact) mass is 366 g/mol. The maximum atomic E-state index is 13.6. The van der Waals surface area contributed by atoms with Crippen LogP contribution in [0.2, 0.25) is 0 Å². The zero-order valence-electron chi connectivity index (χ0n) is 15.0. The molecule has 25 heavy (non-hydrogen) atoms. The normalized spacial score (nSPS) is 15.1. The van der Waals surface area contributed by atoms with E-state index in [-0.39, 0.29) is 11.7 Å². The maximum Gasteiger partial charge on any atom is 0.234 e. The van der Waals surface area contributed by atoms with E-state index in [1.54, 1.807) is 13.0 Å². The highest BCUT2D eigenvalue weighted by atomic mass is 32.1. The van der Waals surface area contributed by atoms with Crippen LogP contribution in [0.3, 0.4) is 0 Å². The standard InChI is InChI=1S/C18H27FN4OS/c1-3-4-7-20-17(24)13-22-8-10-23(11-9-22)18(25)21-15-6-5-14(2)16(19)12-15/h5-6,12H,3-4,7-11,13H2,1-2H3,(H,20,24)(H,21,25). The van der Waals surface area contributed by atoms with Crippen molar-refractivity contribution < 1.29 is 9.18 Å². The van der Waals surface area contributed by atoms with Gasteiger partial charge in [-0.1, -0.05) is 19.4 Å². The molecule has 1 saturated heterocycles. The van der Waals surface area contributed by atoms with E-state index in [4.69, 9.17) is 12.2 Å². The highest BCUT2D eigenvalue weighted by Crippen LogP contribution is 2.14. The van der Waals surface area contributed by atoms with Gasteiger partial charge in [0.2, 0.25) is 5.91 Å². The maximum absolute atomic E-state index is 13.6. The molecular formula is C18H27FN4OS. The number of amides is 1. The summed E-state index contributed by atoms with van der Waals surface area (Å²) in [5.41, 5.74) is 1.27. The van der Waals surface area contributed by atoms with Gasteiger partial charge >= 0.3 is 0 Å². The number of aryl methyl sites for hydroxylation is 1. The summed E-state index contributed by atoms with van der Waals surface area (Å²) in [7, 11) is 0. The van der Waals surface area contributed by atoms with Crippen LogP contribution >= 0.6 is 12.2 Å². The van der Waals surface area contributed by atoms with E-state index in [0.717, 1.165) is 45.6 Å². The molecule has 1 aromatic carbocycles. The van der Waals surface area contributed by atoms with Crippen LogP contribution in [0, 0.1) is 12.7 Å². The molecule has 1 heterocycles. The first-order chi connectivity index (χ1) is 12.0. The van der Waals surface area contributed by atoms with E-state index < -0.39 is 0 Å². The third kappa shape index (κ3) is 6.25. The molecule has 0 saturated carbocycles. The molecule has 2 N–H and O–H groups in total. The van der Waals surface area contributed by atoms with Crippen molar-refractivity contribution in [2.24, 2.45) is 0 Å². The summed E-state index contributed by atoms with van der Waals surface area (Å²) in [6.45, 7) is 8.08. The Hall–Kier alpha value is -1.73. The molecule has 1 aliphatic rings. The Balaban J connectivity index is 1.74. The number of thiocarbonyl (C=S) groups is 1. The quantitative estimate of drug-likeness (QED) is 0.598. The number of piperazine rings is 1. The number of nitrogens with one attached hydrogen (secondary N) is 2. The second-order valence-corrected chi connectivity index (χ2v) is 6.75. The number of carbonyl (C=O) groups excluding carboxylic acids is 1. The lowest BCUT2D eigenvalue weighted by Crippen LogP contribution is -2.52. The van der Waals surface area contributed by atoms with Gasteiger partial charge in [-0.25, -0.2) is 4.39 Å². The molecule has 0 unspecified atom stereocenters. The number of rotatable bonds is 6. The lowest BCUT2D eigenvalue weighted by molar-refractivity contribution is -0.122. The number of anilines is 1. The van der Waals surface area contributed by atoms with Gasteiger partial charge in [-0.05, 0) is 43.3 Å². The van der Waals surface area contributed by atoms with Crippen LogP contribution in [0.1, 0.15) is 25.3 Å². The van der Waals surface area contributed by atoms with Gasteiger partial charge in [0.05, 0.1) is 6.54 Å². The zero-order chi connectivity index (χ0) is 18.2. The Morgan fingerprint density at radius 2 is 2.00 bits per heavy atom. The number of hydrogen-bond donors (Lipinski definition) is 2. The molecule has 0 spiro atoms. The summed E-state index contributed by atoms with van der Waals surface area (Å²) < 4.78 is 13.6. The van der Waals surface area contributed by atoms with E-state index in [1.165, 1.54) is 6.07 Å². The molecule has 0 radical (unpaired) electrons. The molecule has 1 fully saturated rings. The number of nitrogens with zero attached hydrogens (tertiary/aromatic N) is 2. The molecule has 1 aliphatic heterocycles. The summed E-state index contributed by atoms with van der Waals surface area (Å²) in [6.07, 6.45) is 2.09. The van der Waals surface area contributed by atoms with Crippen molar-refractivity contribution in [1.29, 1.82) is 0 Å². The second kappa shape index (κ2) is 9.68. The first kappa shape index (κ1) is 19.6. The van der Waals surface area contributed by atoms with E-state index >= 15 is 0 Å². The smallest absolute Gasteiger partial charge is 0.234 e. The van der Waals surface area contributed by atoms with Crippen molar-refractivity contribution in [2.45, 2.75) is 26.7 Å². The molecule has 0 atom stereocenters. The van der Waals surface area contributed by atoms with Crippen molar-refractivity contribution in [3.8, 4) is 0 Å². The molecule has 0 aliphatic carbocycles. The molecule has 1 amide bonds. The average Bonchev–Trinajstić information content (AvgIpc) is 2.59. The first-order valence-corrected chi connectivity index (χ1v) is 9.21. The van der Waals surface area contributed by atoms with Crippen LogP contribution in [0.4, 0.5) is 10.1 Å². The van der Waals surface area contributed by atoms with Gasteiger partial charge in [0, 0.05) is 38.4 Å². The minimum Gasteiger partial charge on any atom is -0.355 e. The van der Waals surface area contributed by atoms with Crippen LogP contribution < -0.4 is 10.6 Å². The summed E-state index contributed by atoms with van der Waals surface area (Å²) in [4.78, 5) is 16.0. The van der Waals surface area contributed by atoms with Crippen LogP contribution in [0.15, 0.2) is 18.2 Å². The highest BCUT2D eigenvalue weighted by Gasteiger charge is 2.20. The lowest BCUT2D eigenvalue weighted by atomic mass is 10.2. The average molecular weight is 367 g/mol. The number of halogens is 1. The van der Waals surface area contributed by atoms with Crippen LogP contribution in [0.5, 0.6) is 0 Å². The first-order valence-electron chi connectivity index (χ1n) is 8.80. The predicted molar refractivity (Wildman–Crippen MR) is 103 cm³/mol. The van der Waals surface area contributed by atoms with E-state index in [0.29, 0.717) is 22.9 Å². The van der Waals surface area contributed by atoms with Gasteiger partial charge in [-0.15, -0.1) is 0 Å². The minimum atomic E-state index is -0.244. The van der Waals surface area contributed by atoms with Crippen molar-refractivity contribution in [1.82, 2.24) is 15.1 Å². The zero-order valence-corrected chi connectivity index (χ0v) is 15.8. The highest BCUT2D eigenvalue weighted by molar-refractivity contribution is 7.80. The number of hydrogen-bond acceptors (Lipinski definition) is 3. The third-order valence-electron chi connectivity index (χ3n) is 4.30. The molecule has 7 heteroatoms. The molecule has 0 aromatic heterocycles. The van der Waals surface area contributed by atoms with Crippen molar-refractivity contribution in [3.63, 3.8) is 0 Å². The van der Waals surface area contributed by atoms with Gasteiger partial charge < -0.3 is 15.5 Å². The third-order valence-corrected chi connectivity index (χ3v) is 4.66. The van der Waals surface area contributed by atoms with Gasteiger partial charge in [-0.2, -0.15) is 0 Å². The van der Waals surface area contributed by atoms with E-state index in [2.05, 4.69) is 27.4 Å². The molecule has 1 aromatic rings. The Kier molecular flexibility index (Phi) is 7.58. The fourth-order valence-corrected chi connectivity index (χ4v) is 2.95. The molecule has 138 valence electrons. The van der Waals surface area contributed by atoms with Gasteiger partial charge in [0.15, 0.2) is 5.11 Å². The van der Waals surface area contributed by atoms with Crippen LogP contribution in [0.25, 0.3) is 0 Å². The fourth-order valence-electron chi connectivity index (χ4n) is 2.65. The largest absolute Gasteiger partial charge is 0.355 e. The van der Waals surface area contributed by atoms with Gasteiger partial charge in [0.25, 0.3) is 0 Å². The summed E-state index contributed by atoms with van der Waals surface area (Å²) in [6, 6.07) is 5.01. The molecule has 0 bridgehead atoms. The van der Waals surface area contributed by atoms with Crippen LogP contribution in [-0.2, 0) is 4.79 Å². The molecule has 2 rings (SSSR count). The number of benzene rings is 1. The predicted octanol–water partition coefficient (Wildman–Crippen LogP) is 2.36. The van der Waals surface area contributed by atoms with Crippen molar-refractivity contribution in [2.75, 3.05) is 44.6 Å². The Bertz CT molecular complexity index is 603. The summed E-state index contributed by atoms with van der Waals surface area (Å²) in [5.74, 6) is -0.163. The number of carbonyl (C=O) groups is 1.